The lowest BCUT2D eigenvalue weighted by Crippen LogP contribution is -2.63. The van der Waals surface area contributed by atoms with Crippen LogP contribution in [-0.4, -0.2) is 106 Å². The predicted molar refractivity (Wildman–Crippen MR) is 144 cm³/mol. The number of amides is 1. The molecule has 0 bridgehead atoms. The molecule has 5 fully saturated rings. The summed E-state index contributed by atoms with van der Waals surface area (Å²) in [7, 11) is 0. The van der Waals surface area contributed by atoms with E-state index < -0.39 is 66.6 Å². The molecule has 1 aliphatic carbocycles. The van der Waals surface area contributed by atoms with Crippen molar-refractivity contribution in [3.05, 3.63) is 42.0 Å². The number of rotatable bonds is 6. The number of fused-ring (bicyclic) bond motifs is 3. The Morgan fingerprint density at radius 3 is 2.57 bits per heavy atom. The Morgan fingerprint density at radius 1 is 1.10 bits per heavy atom. The number of benzene rings is 1. The van der Waals surface area contributed by atoms with Gasteiger partial charge in [0.1, 0.15) is 30.5 Å². The summed E-state index contributed by atoms with van der Waals surface area (Å²) in [6, 6.07) is 9.49. The smallest absolute Gasteiger partial charge is 0.331 e. The van der Waals surface area contributed by atoms with E-state index >= 15 is 0 Å². The molecule has 9 unspecified atom stereocenters. The largest absolute Gasteiger partial charge is 0.459 e. The third-order valence-electron chi connectivity index (χ3n) is 9.54. The predicted octanol–water partition coefficient (Wildman–Crippen LogP) is -0.135. The van der Waals surface area contributed by atoms with E-state index in [9.17, 15) is 30.0 Å². The van der Waals surface area contributed by atoms with Crippen LogP contribution < -0.4 is 5.32 Å². The molecule has 5 N–H and O–H groups in total. The zero-order valence-electron chi connectivity index (χ0n) is 23.4. The number of esters is 1. The Morgan fingerprint density at radius 2 is 1.86 bits per heavy atom. The molecular weight excluding hydrogens is 550 g/mol. The number of aliphatic hydroxyl groups excluding tert-OH is 4. The van der Waals surface area contributed by atoms with Crippen LogP contribution in [0.5, 0.6) is 0 Å². The highest BCUT2D eigenvalue weighted by Crippen LogP contribution is 2.62. The van der Waals surface area contributed by atoms with E-state index in [1.807, 2.05) is 37.3 Å². The normalized spacial score (nSPS) is 44.7. The summed E-state index contributed by atoms with van der Waals surface area (Å²) in [5.41, 5.74) is 0.228. The van der Waals surface area contributed by atoms with Gasteiger partial charge in [-0.15, -0.1) is 0 Å². The van der Waals surface area contributed by atoms with Crippen molar-refractivity contribution in [2.75, 3.05) is 19.8 Å². The lowest BCUT2D eigenvalue weighted by Gasteiger charge is -2.42. The van der Waals surface area contributed by atoms with Crippen LogP contribution in [0, 0.1) is 17.8 Å². The monoisotopic (exact) mass is 589 g/mol. The van der Waals surface area contributed by atoms with Gasteiger partial charge < -0.3 is 49.4 Å². The highest BCUT2D eigenvalue weighted by Gasteiger charge is 2.76. The van der Waals surface area contributed by atoms with E-state index in [-0.39, 0.29) is 23.8 Å². The molecule has 4 saturated heterocycles. The highest BCUT2D eigenvalue weighted by molar-refractivity contribution is 5.87. The van der Waals surface area contributed by atoms with Crippen molar-refractivity contribution in [2.45, 2.75) is 86.8 Å². The number of hydrogen-bond acceptors (Lipinski definition) is 11. The standard InChI is InChI=1S/C30H39NO11/c1-16-14-38-30(12-21(16)40-23(33)10-7-17-5-3-2-4-6-17)29(15-39-29)19-9-8-18(11-20(19)42-30)27(37)31-28-26(36)25(35)24(34)22(13-32)41-28/h2-7,10,16,18-22,24-26,28,32,34-36H,8-9,11-15H2,1H3,(H,31,37)/b10-7+/t16?,18-,19?,20?,21?,22?,24?,25?,26?,28?,29-,30-/m0/s1. The van der Waals surface area contributed by atoms with Gasteiger partial charge in [0, 0.05) is 30.3 Å². The van der Waals surface area contributed by atoms with Crippen molar-refractivity contribution >= 4 is 18.0 Å². The maximum absolute atomic E-state index is 13.2. The van der Waals surface area contributed by atoms with E-state index in [4.69, 9.17) is 23.7 Å². The van der Waals surface area contributed by atoms with Crippen molar-refractivity contribution < 1.29 is 53.7 Å². The quantitative estimate of drug-likeness (QED) is 0.170. The molecule has 0 radical (unpaired) electrons. The molecular formula is C30H39NO11. The lowest BCUT2D eigenvalue weighted by molar-refractivity contribution is -0.293. The number of epoxide rings is 1. The minimum Gasteiger partial charge on any atom is -0.459 e. The van der Waals surface area contributed by atoms with Crippen LogP contribution in [0.25, 0.3) is 6.08 Å². The van der Waals surface area contributed by atoms with Gasteiger partial charge in [-0.1, -0.05) is 37.3 Å². The minimum absolute atomic E-state index is 0.00320. The SMILES string of the molecule is CC1CO[C@@]2(CC1OC(=O)/C=C/c1ccccc1)OC1C[C@@H](C(=O)NC3OC(CO)C(O)C(O)C3O)CCC1[C@@]21CO1. The summed E-state index contributed by atoms with van der Waals surface area (Å²) >= 11 is 0. The summed E-state index contributed by atoms with van der Waals surface area (Å²) in [5.74, 6) is -2.45. The molecule has 1 saturated carbocycles. The zero-order chi connectivity index (χ0) is 29.6. The molecule has 12 nitrogen and oxygen atoms in total. The summed E-state index contributed by atoms with van der Waals surface area (Å²) in [5, 5.41) is 42.5. The Hall–Kier alpha value is -2.42. The fourth-order valence-corrected chi connectivity index (χ4v) is 7.00. The number of hydrogen-bond donors (Lipinski definition) is 5. The second kappa shape index (κ2) is 11.6. The van der Waals surface area contributed by atoms with Crippen LogP contribution in [-0.2, 0) is 33.3 Å². The van der Waals surface area contributed by atoms with E-state index in [1.54, 1.807) is 6.08 Å². The van der Waals surface area contributed by atoms with Crippen LogP contribution in [0.4, 0.5) is 0 Å². The van der Waals surface area contributed by atoms with Gasteiger partial charge in [0.2, 0.25) is 11.7 Å². The van der Waals surface area contributed by atoms with Crippen LogP contribution >= 0.6 is 0 Å². The maximum atomic E-state index is 13.2. The maximum Gasteiger partial charge on any atom is 0.331 e. The average Bonchev–Trinajstić information content (AvgIpc) is 3.76. The van der Waals surface area contributed by atoms with Gasteiger partial charge in [-0.25, -0.2) is 4.79 Å². The van der Waals surface area contributed by atoms with Crippen molar-refractivity contribution in [2.24, 2.45) is 17.8 Å². The molecule has 1 aromatic rings. The number of aliphatic hydroxyl groups is 4. The molecule has 12 atom stereocenters. The van der Waals surface area contributed by atoms with Gasteiger partial charge in [-0.3, -0.25) is 4.79 Å². The van der Waals surface area contributed by atoms with Gasteiger partial charge in [-0.2, -0.15) is 0 Å². The molecule has 42 heavy (non-hydrogen) atoms. The Kier molecular flexibility index (Phi) is 8.18. The third-order valence-corrected chi connectivity index (χ3v) is 9.54. The Labute approximate surface area is 243 Å². The van der Waals surface area contributed by atoms with Gasteiger partial charge >= 0.3 is 5.97 Å². The van der Waals surface area contributed by atoms with E-state index in [0.717, 1.165) is 5.56 Å². The molecule has 230 valence electrons. The summed E-state index contributed by atoms with van der Waals surface area (Å²) in [4.78, 5) is 25.9. The molecule has 6 rings (SSSR count). The fraction of sp³-hybridized carbons (Fsp3) is 0.667. The van der Waals surface area contributed by atoms with Gasteiger partial charge in [0.05, 0.1) is 25.9 Å². The van der Waals surface area contributed by atoms with Crippen molar-refractivity contribution in [1.82, 2.24) is 5.32 Å². The van der Waals surface area contributed by atoms with E-state index in [2.05, 4.69) is 5.32 Å². The first-order valence-corrected chi connectivity index (χ1v) is 14.7. The molecule has 4 aliphatic heterocycles. The number of carbonyl (C=O) groups excluding carboxylic acids is 2. The van der Waals surface area contributed by atoms with E-state index in [1.165, 1.54) is 6.08 Å². The van der Waals surface area contributed by atoms with Gasteiger partial charge in [0.25, 0.3) is 0 Å². The Bertz CT molecular complexity index is 1170. The molecule has 5 aliphatic rings. The van der Waals surface area contributed by atoms with Crippen molar-refractivity contribution in [3.63, 3.8) is 0 Å². The number of carbonyl (C=O) groups is 2. The highest BCUT2D eigenvalue weighted by atomic mass is 16.8. The topological polar surface area (TPSA) is 177 Å². The summed E-state index contributed by atoms with van der Waals surface area (Å²) in [6.07, 6.45) is -2.83. The second-order valence-corrected chi connectivity index (χ2v) is 12.2. The third kappa shape index (κ3) is 5.28. The average molecular weight is 590 g/mol. The molecule has 12 heteroatoms. The van der Waals surface area contributed by atoms with E-state index in [0.29, 0.717) is 38.9 Å². The van der Waals surface area contributed by atoms with Crippen molar-refractivity contribution in [3.8, 4) is 0 Å². The lowest BCUT2D eigenvalue weighted by atomic mass is 9.72. The number of nitrogens with one attached hydrogen (secondary N) is 1. The van der Waals surface area contributed by atoms with Gasteiger partial charge in [-0.05, 0) is 30.9 Å². The van der Waals surface area contributed by atoms with Crippen LogP contribution in [0.15, 0.2) is 36.4 Å². The van der Waals surface area contributed by atoms with Crippen molar-refractivity contribution in [1.29, 1.82) is 0 Å². The summed E-state index contributed by atoms with van der Waals surface area (Å²) in [6.45, 7) is 2.17. The molecule has 4 heterocycles. The molecule has 1 amide bonds. The first-order valence-electron chi connectivity index (χ1n) is 14.7. The van der Waals surface area contributed by atoms with Crippen LogP contribution in [0.2, 0.25) is 0 Å². The van der Waals surface area contributed by atoms with Crippen LogP contribution in [0.3, 0.4) is 0 Å². The minimum atomic E-state index is -1.58. The fourth-order valence-electron chi connectivity index (χ4n) is 7.00. The second-order valence-electron chi connectivity index (χ2n) is 12.2. The first-order chi connectivity index (χ1) is 20.2. The Balaban J connectivity index is 1.10. The van der Waals surface area contributed by atoms with Crippen LogP contribution in [0.1, 0.15) is 38.2 Å². The molecule has 1 aromatic carbocycles. The molecule has 2 spiro atoms. The number of ether oxygens (including phenoxy) is 5. The first kappa shape index (κ1) is 29.6. The zero-order valence-corrected chi connectivity index (χ0v) is 23.4. The van der Waals surface area contributed by atoms with Gasteiger partial charge in [0.15, 0.2) is 11.8 Å². The molecule has 0 aromatic heterocycles. The summed E-state index contributed by atoms with van der Waals surface area (Å²) < 4.78 is 30.3.